The van der Waals surface area contributed by atoms with Crippen molar-refractivity contribution in [3.8, 4) is 11.4 Å². The van der Waals surface area contributed by atoms with Gasteiger partial charge in [0.25, 0.3) is 0 Å². The molecule has 3 heterocycles. The lowest BCUT2D eigenvalue weighted by molar-refractivity contribution is 0.554. The van der Waals surface area contributed by atoms with E-state index in [1.807, 2.05) is 29.7 Å². The zero-order chi connectivity index (χ0) is 14.5. The van der Waals surface area contributed by atoms with E-state index in [0.29, 0.717) is 11.0 Å². The Morgan fingerprint density at radius 3 is 2.70 bits per heavy atom. The highest BCUT2D eigenvalue weighted by Crippen LogP contribution is 2.36. The minimum atomic E-state index is -0.0554. The molecule has 0 amide bonds. The molecule has 0 fully saturated rings. The number of hydrogen-bond donors (Lipinski definition) is 0. The summed E-state index contributed by atoms with van der Waals surface area (Å²) in [6.45, 7) is 6.43. The summed E-state index contributed by atoms with van der Waals surface area (Å²) >= 11 is 8.13. The molecule has 0 radical (unpaired) electrons. The topological polar surface area (TPSA) is 43.6 Å². The van der Waals surface area contributed by atoms with Crippen molar-refractivity contribution in [3.63, 3.8) is 0 Å². The van der Waals surface area contributed by atoms with Crippen LogP contribution >= 0.6 is 23.4 Å². The Morgan fingerprint density at radius 2 is 2.00 bits per heavy atom. The van der Waals surface area contributed by atoms with Gasteiger partial charge in [0.15, 0.2) is 5.82 Å². The molecule has 20 heavy (non-hydrogen) atoms. The molecule has 2 aromatic heterocycles. The molecule has 0 saturated carbocycles. The third kappa shape index (κ3) is 2.33. The highest BCUT2D eigenvalue weighted by molar-refractivity contribution is 7.98. The highest BCUT2D eigenvalue weighted by Gasteiger charge is 2.26. The lowest BCUT2D eigenvalue weighted by Gasteiger charge is -2.17. The van der Waals surface area contributed by atoms with Crippen LogP contribution in [-0.2, 0) is 24.0 Å². The van der Waals surface area contributed by atoms with Gasteiger partial charge in [0.05, 0.1) is 17.0 Å². The smallest absolute Gasteiger partial charge is 0.164 e. The van der Waals surface area contributed by atoms with Crippen molar-refractivity contribution in [2.45, 2.75) is 37.7 Å². The maximum absolute atomic E-state index is 6.31. The first-order valence-electron chi connectivity index (χ1n) is 6.54. The van der Waals surface area contributed by atoms with E-state index in [4.69, 9.17) is 16.6 Å². The average Bonchev–Trinajstić information content (AvgIpc) is 2.94. The summed E-state index contributed by atoms with van der Waals surface area (Å²) in [4.78, 5) is 9.19. The molecule has 0 N–H and O–H groups in total. The molecule has 4 nitrogen and oxygen atoms in total. The number of aryl methyl sites for hydroxylation is 1. The number of fused-ring (bicyclic) bond motifs is 1. The standard InChI is InChI=1S/C14H17ClN4S/c1-14(2,3)11-8(5-19(4)18-11)13-16-10-7-20-6-9(10)12(15)17-13/h5H,6-7H2,1-4H3. The predicted molar refractivity (Wildman–Crippen MR) is 82.9 cm³/mol. The minimum absolute atomic E-state index is 0.0554. The van der Waals surface area contributed by atoms with Gasteiger partial charge >= 0.3 is 0 Å². The second kappa shape index (κ2) is 4.74. The van der Waals surface area contributed by atoms with Crippen LogP contribution in [0.3, 0.4) is 0 Å². The molecule has 0 aliphatic carbocycles. The van der Waals surface area contributed by atoms with E-state index < -0.39 is 0 Å². The quantitative estimate of drug-likeness (QED) is 0.755. The molecule has 0 bridgehead atoms. The largest absolute Gasteiger partial charge is 0.275 e. The molecule has 0 spiro atoms. The fourth-order valence-electron chi connectivity index (χ4n) is 2.34. The van der Waals surface area contributed by atoms with E-state index >= 15 is 0 Å². The molecule has 1 aliphatic rings. The average molecular weight is 309 g/mol. The fraction of sp³-hybridized carbons (Fsp3) is 0.500. The van der Waals surface area contributed by atoms with Crippen molar-refractivity contribution >= 4 is 23.4 Å². The zero-order valence-electron chi connectivity index (χ0n) is 12.1. The van der Waals surface area contributed by atoms with Crippen molar-refractivity contribution in [1.29, 1.82) is 0 Å². The first-order chi connectivity index (χ1) is 9.36. The van der Waals surface area contributed by atoms with Gasteiger partial charge in [0, 0.05) is 35.7 Å². The van der Waals surface area contributed by atoms with Gasteiger partial charge in [-0.15, -0.1) is 0 Å². The third-order valence-corrected chi connectivity index (χ3v) is 4.59. The Hall–Kier alpha value is -1.07. The highest BCUT2D eigenvalue weighted by atomic mass is 35.5. The van der Waals surface area contributed by atoms with Crippen LogP contribution in [0.2, 0.25) is 5.15 Å². The van der Waals surface area contributed by atoms with Crippen LogP contribution in [0, 0.1) is 0 Å². The summed E-state index contributed by atoms with van der Waals surface area (Å²) in [5, 5.41) is 5.15. The summed E-state index contributed by atoms with van der Waals surface area (Å²) in [5.41, 5.74) is 4.07. The summed E-state index contributed by atoms with van der Waals surface area (Å²) in [7, 11) is 1.92. The van der Waals surface area contributed by atoms with E-state index in [0.717, 1.165) is 34.0 Å². The normalized spacial score (nSPS) is 14.7. The van der Waals surface area contributed by atoms with Gasteiger partial charge in [-0.05, 0) is 0 Å². The van der Waals surface area contributed by atoms with E-state index in [1.54, 1.807) is 0 Å². The Kier molecular flexibility index (Phi) is 3.29. The van der Waals surface area contributed by atoms with Gasteiger partial charge in [0.2, 0.25) is 0 Å². The second-order valence-corrected chi connectivity index (χ2v) is 7.41. The van der Waals surface area contributed by atoms with Crippen molar-refractivity contribution in [3.05, 3.63) is 28.3 Å². The van der Waals surface area contributed by atoms with Gasteiger partial charge in [-0.3, -0.25) is 4.68 Å². The summed E-state index contributed by atoms with van der Waals surface area (Å²) in [6.07, 6.45) is 1.97. The zero-order valence-corrected chi connectivity index (χ0v) is 13.6. The first kappa shape index (κ1) is 13.9. The summed E-state index contributed by atoms with van der Waals surface area (Å²) in [5.74, 6) is 2.51. The predicted octanol–water partition coefficient (Wildman–Crippen LogP) is 3.57. The molecule has 2 aromatic rings. The van der Waals surface area contributed by atoms with Gasteiger partial charge in [0.1, 0.15) is 5.15 Å². The SMILES string of the molecule is Cn1cc(-c2nc(Cl)c3c(n2)CSC3)c(C(C)(C)C)n1. The van der Waals surface area contributed by atoms with Crippen LogP contribution in [0.5, 0.6) is 0 Å². The van der Waals surface area contributed by atoms with E-state index in [2.05, 4.69) is 30.9 Å². The van der Waals surface area contributed by atoms with Gasteiger partial charge < -0.3 is 0 Å². The van der Waals surface area contributed by atoms with Crippen LogP contribution in [0.4, 0.5) is 0 Å². The minimum Gasteiger partial charge on any atom is -0.275 e. The monoisotopic (exact) mass is 308 g/mol. The van der Waals surface area contributed by atoms with Gasteiger partial charge in [-0.25, -0.2) is 9.97 Å². The van der Waals surface area contributed by atoms with Crippen LogP contribution in [-0.4, -0.2) is 19.7 Å². The Morgan fingerprint density at radius 1 is 1.25 bits per heavy atom. The number of nitrogens with zero attached hydrogens (tertiary/aromatic N) is 4. The van der Waals surface area contributed by atoms with Crippen LogP contribution in [0.25, 0.3) is 11.4 Å². The maximum Gasteiger partial charge on any atom is 0.164 e. The van der Waals surface area contributed by atoms with Gasteiger partial charge in [-0.1, -0.05) is 32.4 Å². The number of rotatable bonds is 1. The lowest BCUT2D eigenvalue weighted by atomic mass is 9.89. The number of thioether (sulfide) groups is 1. The van der Waals surface area contributed by atoms with Crippen LogP contribution in [0.1, 0.15) is 37.7 Å². The molecule has 1 aliphatic heterocycles. The Labute approximate surface area is 128 Å². The van der Waals surface area contributed by atoms with Gasteiger partial charge in [-0.2, -0.15) is 16.9 Å². The second-order valence-electron chi connectivity index (χ2n) is 6.07. The van der Waals surface area contributed by atoms with Crippen LogP contribution < -0.4 is 0 Å². The molecule has 106 valence electrons. The van der Waals surface area contributed by atoms with Crippen molar-refractivity contribution < 1.29 is 0 Å². The molecule has 0 unspecified atom stereocenters. The van der Waals surface area contributed by atoms with E-state index in [9.17, 15) is 0 Å². The Balaban J connectivity index is 2.17. The molecule has 0 aromatic carbocycles. The molecule has 3 rings (SSSR count). The number of halogens is 1. The fourth-order valence-corrected chi connectivity index (χ4v) is 3.72. The molecule has 0 saturated heterocycles. The maximum atomic E-state index is 6.31. The molecule has 0 atom stereocenters. The molecule has 6 heteroatoms. The number of hydrogen-bond acceptors (Lipinski definition) is 4. The van der Waals surface area contributed by atoms with Crippen molar-refractivity contribution in [1.82, 2.24) is 19.7 Å². The van der Waals surface area contributed by atoms with Crippen molar-refractivity contribution in [2.75, 3.05) is 0 Å². The summed E-state index contributed by atoms with van der Waals surface area (Å²) < 4.78 is 1.81. The lowest BCUT2D eigenvalue weighted by Crippen LogP contribution is -2.14. The van der Waals surface area contributed by atoms with E-state index in [1.165, 1.54) is 0 Å². The first-order valence-corrected chi connectivity index (χ1v) is 8.07. The van der Waals surface area contributed by atoms with E-state index in [-0.39, 0.29) is 5.41 Å². The molecular weight excluding hydrogens is 292 g/mol. The molecular formula is C14H17ClN4S. The third-order valence-electron chi connectivity index (χ3n) is 3.31. The Bertz CT molecular complexity index is 673. The number of aromatic nitrogens is 4. The summed E-state index contributed by atoms with van der Waals surface area (Å²) in [6, 6.07) is 0. The van der Waals surface area contributed by atoms with Crippen LogP contribution in [0.15, 0.2) is 6.20 Å². The van der Waals surface area contributed by atoms with Crippen molar-refractivity contribution in [2.24, 2.45) is 7.05 Å².